The highest BCUT2D eigenvalue weighted by atomic mass is 32.2. The van der Waals surface area contributed by atoms with Gasteiger partial charge in [0.2, 0.25) is 21.7 Å². The molecule has 9 nitrogen and oxygen atoms in total. The highest BCUT2D eigenvalue weighted by Crippen LogP contribution is 2.21. The van der Waals surface area contributed by atoms with Crippen LogP contribution in [-0.2, 0) is 20.0 Å². The normalized spacial score (nSPS) is 12.1. The van der Waals surface area contributed by atoms with Crippen LogP contribution in [0.1, 0.15) is 0 Å². The fraction of sp³-hybridized carbons (Fsp3) is 0.111. The second kappa shape index (κ2) is 5.29. The first-order valence-corrected chi connectivity index (χ1v) is 8.63. The van der Waals surface area contributed by atoms with Gasteiger partial charge in [0.25, 0.3) is 10.0 Å². The summed E-state index contributed by atoms with van der Waals surface area (Å²) in [6.07, 6.45) is 0.847. The van der Waals surface area contributed by atoms with Gasteiger partial charge in [-0.1, -0.05) is 0 Å². The van der Waals surface area contributed by atoms with E-state index in [1.165, 1.54) is 0 Å². The first-order valence-electron chi connectivity index (χ1n) is 5.26. The van der Waals surface area contributed by atoms with Gasteiger partial charge in [0, 0.05) is 0 Å². The van der Waals surface area contributed by atoms with Crippen molar-refractivity contribution in [1.82, 2.24) is 10.3 Å². The Morgan fingerprint density at radius 2 is 1.52 bits per heavy atom. The lowest BCUT2D eigenvalue weighted by Gasteiger charge is -2.06. The van der Waals surface area contributed by atoms with Crippen molar-refractivity contribution in [2.75, 3.05) is 15.7 Å². The van der Waals surface area contributed by atoms with Crippen LogP contribution in [0, 0.1) is 5.82 Å². The molecule has 2 aromatic rings. The lowest BCUT2D eigenvalue weighted by atomic mass is 10.4. The lowest BCUT2D eigenvalue weighted by Crippen LogP contribution is -2.16. The maximum Gasteiger partial charge on any atom is 0.263 e. The summed E-state index contributed by atoms with van der Waals surface area (Å²) in [5.41, 5.74) is 0. The number of rotatable bonds is 5. The summed E-state index contributed by atoms with van der Waals surface area (Å²) in [6.45, 7) is 0. The van der Waals surface area contributed by atoms with Gasteiger partial charge in [-0.3, -0.25) is 9.44 Å². The molecule has 0 aliphatic heterocycles. The molecule has 21 heavy (non-hydrogen) atoms. The maximum absolute atomic E-state index is 12.8. The Kier molecular flexibility index (Phi) is 3.82. The molecular formula is C9H9FN4O5S2. The molecule has 0 aliphatic rings. The summed E-state index contributed by atoms with van der Waals surface area (Å²) in [6, 6.07) is 4.00. The van der Waals surface area contributed by atoms with Crippen molar-refractivity contribution in [2.45, 2.75) is 4.90 Å². The average Bonchev–Trinajstić information content (AvgIpc) is 2.74. The molecule has 0 fully saturated rings. The van der Waals surface area contributed by atoms with Crippen LogP contribution < -0.4 is 9.44 Å². The summed E-state index contributed by atoms with van der Waals surface area (Å²) in [4.78, 5) is -0.239. The molecule has 1 aromatic carbocycles. The van der Waals surface area contributed by atoms with E-state index in [9.17, 15) is 21.2 Å². The molecule has 114 valence electrons. The average molecular weight is 336 g/mol. The van der Waals surface area contributed by atoms with E-state index in [1.807, 2.05) is 9.44 Å². The van der Waals surface area contributed by atoms with Gasteiger partial charge < -0.3 is 0 Å². The second-order valence-corrected chi connectivity index (χ2v) is 7.33. The first kappa shape index (κ1) is 15.2. The largest absolute Gasteiger partial charge is 0.263 e. The van der Waals surface area contributed by atoms with Crippen LogP contribution in [0.3, 0.4) is 0 Å². The Balaban J connectivity index is 2.30. The van der Waals surface area contributed by atoms with Crippen LogP contribution in [0.4, 0.5) is 16.0 Å². The van der Waals surface area contributed by atoms with Crippen molar-refractivity contribution in [3.63, 3.8) is 0 Å². The van der Waals surface area contributed by atoms with Crippen molar-refractivity contribution in [3.05, 3.63) is 30.1 Å². The Labute approximate surface area is 119 Å². The zero-order chi connectivity index (χ0) is 15.7. The van der Waals surface area contributed by atoms with Crippen molar-refractivity contribution < 1.29 is 25.9 Å². The predicted octanol–water partition coefficient (Wildman–Crippen LogP) is 0.381. The minimum absolute atomic E-state index is 0.239. The zero-order valence-electron chi connectivity index (χ0n) is 10.4. The molecule has 1 heterocycles. The number of anilines is 2. The number of nitrogens with one attached hydrogen (secondary N) is 2. The van der Waals surface area contributed by atoms with E-state index >= 15 is 0 Å². The maximum atomic E-state index is 12.8. The van der Waals surface area contributed by atoms with E-state index in [0.717, 1.165) is 30.5 Å². The second-order valence-electron chi connectivity index (χ2n) is 3.90. The summed E-state index contributed by atoms with van der Waals surface area (Å²) in [7, 11) is -7.78. The lowest BCUT2D eigenvalue weighted by molar-refractivity contribution is 0.311. The van der Waals surface area contributed by atoms with Crippen molar-refractivity contribution in [1.29, 1.82) is 0 Å². The van der Waals surface area contributed by atoms with Crippen LogP contribution in [0.5, 0.6) is 0 Å². The van der Waals surface area contributed by atoms with E-state index in [-0.39, 0.29) is 4.90 Å². The number of sulfonamides is 2. The summed E-state index contributed by atoms with van der Waals surface area (Å²) < 4.78 is 67.1. The van der Waals surface area contributed by atoms with Gasteiger partial charge in [0.1, 0.15) is 5.82 Å². The number of hydrogen-bond acceptors (Lipinski definition) is 7. The van der Waals surface area contributed by atoms with Gasteiger partial charge in [0.15, 0.2) is 0 Å². The number of nitrogens with zero attached hydrogens (tertiary/aromatic N) is 2. The Bertz CT molecular complexity index is 845. The van der Waals surface area contributed by atoms with E-state index < -0.39 is 37.5 Å². The molecule has 0 unspecified atom stereocenters. The molecule has 0 spiro atoms. The van der Waals surface area contributed by atoms with Crippen LogP contribution in [0.25, 0.3) is 0 Å². The quantitative estimate of drug-likeness (QED) is 0.807. The van der Waals surface area contributed by atoms with Gasteiger partial charge in [-0.25, -0.2) is 25.9 Å². The molecule has 0 bridgehead atoms. The number of aromatic nitrogens is 2. The summed E-state index contributed by atoms with van der Waals surface area (Å²) >= 11 is 0. The number of halogens is 1. The molecule has 2 N–H and O–H groups in total. The van der Waals surface area contributed by atoms with Crippen molar-refractivity contribution >= 4 is 31.7 Å². The summed E-state index contributed by atoms with van der Waals surface area (Å²) in [5, 5.41) is 6.48. The monoisotopic (exact) mass is 336 g/mol. The minimum atomic E-state index is -4.09. The molecule has 0 amide bonds. The molecule has 0 aliphatic carbocycles. The van der Waals surface area contributed by atoms with Gasteiger partial charge in [-0.15, -0.1) is 0 Å². The smallest absolute Gasteiger partial charge is 0.261 e. The van der Waals surface area contributed by atoms with Gasteiger partial charge >= 0.3 is 0 Å². The van der Waals surface area contributed by atoms with E-state index in [1.54, 1.807) is 0 Å². The van der Waals surface area contributed by atoms with E-state index in [4.69, 9.17) is 0 Å². The van der Waals surface area contributed by atoms with Gasteiger partial charge in [-0.2, -0.15) is 0 Å². The Hall–Kier alpha value is -2.21. The Morgan fingerprint density at radius 3 is 2.05 bits per heavy atom. The Morgan fingerprint density at radius 1 is 1.00 bits per heavy atom. The highest BCUT2D eigenvalue weighted by Gasteiger charge is 2.21. The molecule has 0 radical (unpaired) electrons. The van der Waals surface area contributed by atoms with Gasteiger partial charge in [-0.05, 0) is 34.6 Å². The fourth-order valence-corrected chi connectivity index (χ4v) is 2.78. The molecule has 1 aromatic heterocycles. The fourth-order valence-electron chi connectivity index (χ4n) is 1.30. The van der Waals surface area contributed by atoms with Gasteiger partial charge in [0.05, 0.1) is 11.2 Å². The third-order valence-corrected chi connectivity index (χ3v) is 4.04. The molecule has 0 atom stereocenters. The number of benzene rings is 1. The van der Waals surface area contributed by atoms with Crippen molar-refractivity contribution in [2.24, 2.45) is 0 Å². The minimum Gasteiger partial charge on any atom is -0.261 e. The topological polar surface area (TPSA) is 131 Å². The highest BCUT2D eigenvalue weighted by molar-refractivity contribution is 7.93. The van der Waals surface area contributed by atoms with Crippen LogP contribution in [0.15, 0.2) is 33.8 Å². The summed E-state index contributed by atoms with van der Waals surface area (Å²) in [5.74, 6) is -1.45. The SMILES string of the molecule is CS(=O)(=O)Nc1nonc1NS(=O)(=O)c1ccc(F)cc1. The van der Waals surface area contributed by atoms with Crippen LogP contribution in [0.2, 0.25) is 0 Å². The molecular weight excluding hydrogens is 327 g/mol. The molecule has 0 saturated carbocycles. The third kappa shape index (κ3) is 3.88. The molecule has 2 rings (SSSR count). The third-order valence-electron chi connectivity index (χ3n) is 2.13. The number of hydrogen-bond donors (Lipinski definition) is 2. The first-order chi connectivity index (χ1) is 9.67. The van der Waals surface area contributed by atoms with Crippen LogP contribution >= 0.6 is 0 Å². The van der Waals surface area contributed by atoms with E-state index in [2.05, 4.69) is 14.9 Å². The molecule has 0 saturated heterocycles. The van der Waals surface area contributed by atoms with Crippen LogP contribution in [-0.4, -0.2) is 33.4 Å². The van der Waals surface area contributed by atoms with E-state index in [0.29, 0.717) is 0 Å². The zero-order valence-corrected chi connectivity index (χ0v) is 12.1. The standard InChI is InChI=1S/C9H9FN4O5S2/c1-20(15,16)13-8-9(12-19-11-8)14-21(17,18)7-4-2-6(10)3-5-7/h2-5H,1H3,(H,11,13)(H,12,14). The van der Waals surface area contributed by atoms with Crippen molar-refractivity contribution in [3.8, 4) is 0 Å². The molecule has 12 heteroatoms. The predicted molar refractivity (Wildman–Crippen MR) is 70.0 cm³/mol.